The Bertz CT molecular complexity index is 441. The van der Waals surface area contributed by atoms with Crippen LogP contribution in [0.25, 0.3) is 0 Å². The van der Waals surface area contributed by atoms with Gasteiger partial charge in [0.05, 0.1) is 13.0 Å². The van der Waals surface area contributed by atoms with Crippen molar-refractivity contribution in [3.05, 3.63) is 28.6 Å². The summed E-state index contributed by atoms with van der Waals surface area (Å²) in [6, 6.07) is 1.30. The van der Waals surface area contributed by atoms with Crippen molar-refractivity contribution in [2.24, 2.45) is 0 Å². The zero-order valence-electron chi connectivity index (χ0n) is 10.5. The first kappa shape index (κ1) is 13.5. The number of hydrogen-bond acceptors (Lipinski definition) is 2. The van der Waals surface area contributed by atoms with Gasteiger partial charge in [0, 0.05) is 5.56 Å². The predicted molar refractivity (Wildman–Crippen MR) is 63.1 cm³/mol. The van der Waals surface area contributed by atoms with Crippen LogP contribution >= 0.6 is 0 Å². The first-order valence-electron chi connectivity index (χ1n) is 5.52. The van der Waals surface area contributed by atoms with E-state index in [1.807, 2.05) is 6.92 Å². The van der Waals surface area contributed by atoms with Crippen molar-refractivity contribution in [2.45, 2.75) is 33.1 Å². The minimum atomic E-state index is -0.968. The van der Waals surface area contributed by atoms with Gasteiger partial charge in [-0.25, -0.2) is 4.39 Å². The van der Waals surface area contributed by atoms with E-state index in [-0.39, 0.29) is 0 Å². The molecule has 0 aliphatic rings. The Hall–Kier alpha value is -1.58. The molecule has 0 fully saturated rings. The van der Waals surface area contributed by atoms with E-state index in [1.54, 1.807) is 13.8 Å². The summed E-state index contributed by atoms with van der Waals surface area (Å²) in [5.74, 6) is -1.68. The standard InChI is InChI=1S/C13H17FO3/c1-5-9-10(7(2)13(15)16)6-11(14)8(3)12(9)17-4/h6-7H,5H2,1-4H3,(H,15,16). The maximum Gasteiger partial charge on any atom is 0.310 e. The molecule has 0 aliphatic carbocycles. The van der Waals surface area contributed by atoms with Gasteiger partial charge in [-0.15, -0.1) is 0 Å². The largest absolute Gasteiger partial charge is 0.496 e. The fraction of sp³-hybridized carbons (Fsp3) is 0.462. The van der Waals surface area contributed by atoms with Crippen LogP contribution in [0.3, 0.4) is 0 Å². The number of aliphatic carboxylic acids is 1. The zero-order chi connectivity index (χ0) is 13.2. The van der Waals surface area contributed by atoms with Crippen molar-refractivity contribution < 1.29 is 19.0 Å². The van der Waals surface area contributed by atoms with Gasteiger partial charge in [0.25, 0.3) is 0 Å². The van der Waals surface area contributed by atoms with E-state index in [0.717, 1.165) is 5.56 Å². The second-order valence-corrected chi connectivity index (χ2v) is 4.00. The molecule has 0 aromatic heterocycles. The Kier molecular flexibility index (Phi) is 4.10. The molecule has 17 heavy (non-hydrogen) atoms. The van der Waals surface area contributed by atoms with Gasteiger partial charge >= 0.3 is 5.97 Å². The number of methoxy groups -OCH3 is 1. The molecule has 0 aliphatic heterocycles. The lowest BCUT2D eigenvalue weighted by Crippen LogP contribution is -2.12. The smallest absolute Gasteiger partial charge is 0.310 e. The van der Waals surface area contributed by atoms with Crippen molar-refractivity contribution in [2.75, 3.05) is 7.11 Å². The van der Waals surface area contributed by atoms with Crippen LogP contribution in [0.15, 0.2) is 6.07 Å². The number of benzene rings is 1. The topological polar surface area (TPSA) is 46.5 Å². The van der Waals surface area contributed by atoms with E-state index in [9.17, 15) is 9.18 Å². The van der Waals surface area contributed by atoms with Gasteiger partial charge in [-0.05, 0) is 37.5 Å². The van der Waals surface area contributed by atoms with Crippen molar-refractivity contribution in [1.29, 1.82) is 0 Å². The molecule has 0 spiro atoms. The van der Waals surface area contributed by atoms with Crippen LogP contribution in [0.5, 0.6) is 5.75 Å². The van der Waals surface area contributed by atoms with Crippen LogP contribution in [0, 0.1) is 12.7 Å². The maximum absolute atomic E-state index is 13.7. The Morgan fingerprint density at radius 2 is 2.18 bits per heavy atom. The Labute approximate surface area is 100 Å². The average molecular weight is 240 g/mol. The van der Waals surface area contributed by atoms with Gasteiger partial charge in [-0.1, -0.05) is 6.92 Å². The minimum Gasteiger partial charge on any atom is -0.496 e. The molecule has 0 saturated heterocycles. The molecule has 0 bridgehead atoms. The molecular weight excluding hydrogens is 223 g/mol. The van der Waals surface area contributed by atoms with Crippen LogP contribution in [0.1, 0.15) is 36.5 Å². The molecule has 1 aromatic carbocycles. The highest BCUT2D eigenvalue weighted by molar-refractivity contribution is 5.76. The average Bonchev–Trinajstić information content (AvgIpc) is 2.30. The highest BCUT2D eigenvalue weighted by atomic mass is 19.1. The highest BCUT2D eigenvalue weighted by Gasteiger charge is 2.22. The van der Waals surface area contributed by atoms with Crippen molar-refractivity contribution in [1.82, 2.24) is 0 Å². The second-order valence-electron chi connectivity index (χ2n) is 4.00. The lowest BCUT2D eigenvalue weighted by atomic mass is 9.91. The normalized spacial score (nSPS) is 12.3. The van der Waals surface area contributed by atoms with Gasteiger partial charge in [-0.2, -0.15) is 0 Å². The summed E-state index contributed by atoms with van der Waals surface area (Å²) >= 11 is 0. The summed E-state index contributed by atoms with van der Waals surface area (Å²) in [5.41, 5.74) is 1.67. The molecule has 4 heteroatoms. The van der Waals surface area contributed by atoms with Gasteiger partial charge in [0.15, 0.2) is 0 Å². The van der Waals surface area contributed by atoms with E-state index in [2.05, 4.69) is 0 Å². The molecular formula is C13H17FO3. The molecule has 1 atom stereocenters. The molecule has 1 aromatic rings. The summed E-state index contributed by atoms with van der Waals surface area (Å²) in [7, 11) is 1.47. The number of carbonyl (C=O) groups is 1. The number of halogens is 1. The SMILES string of the molecule is CCc1c(C(C)C(=O)O)cc(F)c(C)c1OC. The van der Waals surface area contributed by atoms with Crippen molar-refractivity contribution in [3.63, 3.8) is 0 Å². The van der Waals surface area contributed by atoms with Gasteiger partial charge < -0.3 is 9.84 Å². The van der Waals surface area contributed by atoms with E-state index in [4.69, 9.17) is 9.84 Å². The van der Waals surface area contributed by atoms with Crippen molar-refractivity contribution >= 4 is 5.97 Å². The number of carboxylic acid groups (broad SMARTS) is 1. The quantitative estimate of drug-likeness (QED) is 0.880. The summed E-state index contributed by atoms with van der Waals surface area (Å²) < 4.78 is 18.9. The van der Waals surface area contributed by atoms with Crippen LogP contribution in [0.4, 0.5) is 4.39 Å². The first-order valence-corrected chi connectivity index (χ1v) is 5.52. The molecule has 1 unspecified atom stereocenters. The van der Waals surface area contributed by atoms with E-state index in [1.165, 1.54) is 13.2 Å². The van der Waals surface area contributed by atoms with Crippen LogP contribution in [-0.4, -0.2) is 18.2 Å². The Morgan fingerprint density at radius 1 is 1.59 bits per heavy atom. The summed E-state index contributed by atoms with van der Waals surface area (Å²) in [6.45, 7) is 5.07. The monoisotopic (exact) mass is 240 g/mol. The number of carboxylic acids is 1. The van der Waals surface area contributed by atoms with Gasteiger partial charge in [0.2, 0.25) is 0 Å². The van der Waals surface area contributed by atoms with E-state index >= 15 is 0 Å². The molecule has 0 radical (unpaired) electrons. The maximum atomic E-state index is 13.7. The Morgan fingerprint density at radius 3 is 2.59 bits per heavy atom. The van der Waals surface area contributed by atoms with Crippen LogP contribution < -0.4 is 4.74 Å². The molecule has 0 amide bonds. The summed E-state index contributed by atoms with van der Waals surface area (Å²) in [4.78, 5) is 11.0. The summed E-state index contributed by atoms with van der Waals surface area (Å²) in [6.07, 6.45) is 0.608. The molecule has 94 valence electrons. The molecule has 0 saturated carbocycles. The third-order valence-electron chi connectivity index (χ3n) is 3.00. The van der Waals surface area contributed by atoms with Gasteiger partial charge in [-0.3, -0.25) is 4.79 Å². The minimum absolute atomic E-state index is 0.422. The molecule has 1 N–H and O–H groups in total. The fourth-order valence-electron chi connectivity index (χ4n) is 1.96. The third kappa shape index (κ3) is 2.40. The lowest BCUT2D eigenvalue weighted by molar-refractivity contribution is -0.138. The number of hydrogen-bond donors (Lipinski definition) is 1. The van der Waals surface area contributed by atoms with Crippen LogP contribution in [-0.2, 0) is 11.2 Å². The lowest BCUT2D eigenvalue weighted by Gasteiger charge is -2.18. The first-order chi connectivity index (χ1) is 7.93. The molecule has 0 heterocycles. The zero-order valence-corrected chi connectivity index (χ0v) is 10.5. The highest BCUT2D eigenvalue weighted by Crippen LogP contribution is 2.33. The third-order valence-corrected chi connectivity index (χ3v) is 3.00. The molecule has 1 rings (SSSR count). The van der Waals surface area contributed by atoms with Crippen LogP contribution in [0.2, 0.25) is 0 Å². The summed E-state index contributed by atoms with van der Waals surface area (Å²) in [5, 5.41) is 9.02. The predicted octanol–water partition coefficient (Wildman–Crippen LogP) is 2.89. The van der Waals surface area contributed by atoms with E-state index in [0.29, 0.717) is 23.3 Å². The Balaban J connectivity index is 3.49. The van der Waals surface area contributed by atoms with Gasteiger partial charge in [0.1, 0.15) is 11.6 Å². The fourth-order valence-corrected chi connectivity index (χ4v) is 1.96. The van der Waals surface area contributed by atoms with Crippen molar-refractivity contribution in [3.8, 4) is 5.75 Å². The van der Waals surface area contributed by atoms with E-state index < -0.39 is 17.7 Å². The molecule has 3 nitrogen and oxygen atoms in total. The second kappa shape index (κ2) is 5.17. The number of ether oxygens (including phenoxy) is 1. The number of rotatable bonds is 4.